The molecule has 8 heteroatoms. The average Bonchev–Trinajstić information content (AvgIpc) is 3.08. The first-order valence-electron chi connectivity index (χ1n) is 6.79. The third-order valence-corrected chi connectivity index (χ3v) is 5.47. The highest BCUT2D eigenvalue weighted by Crippen LogP contribution is 2.19. The molecule has 0 unspecified atom stereocenters. The zero-order valence-corrected chi connectivity index (χ0v) is 13.4. The molecule has 0 atom stereocenters. The molecule has 0 saturated heterocycles. The van der Waals surface area contributed by atoms with Crippen LogP contribution in [0.2, 0.25) is 0 Å². The van der Waals surface area contributed by atoms with E-state index in [9.17, 15) is 8.42 Å². The van der Waals surface area contributed by atoms with Crippen molar-refractivity contribution in [3.63, 3.8) is 0 Å². The predicted molar refractivity (Wildman–Crippen MR) is 82.8 cm³/mol. The number of imidazole rings is 1. The molecule has 0 bridgehead atoms. The summed E-state index contributed by atoms with van der Waals surface area (Å²) in [5.41, 5.74) is 4.08. The number of benzene rings is 1. The van der Waals surface area contributed by atoms with Crippen molar-refractivity contribution in [3.05, 3.63) is 41.5 Å². The smallest absolute Gasteiger partial charge is 0.246 e. The number of rotatable bonds is 4. The fraction of sp³-hybridized carbons (Fsp3) is 0.286. The second kappa shape index (κ2) is 5.22. The van der Waals surface area contributed by atoms with Crippen molar-refractivity contribution >= 4 is 21.1 Å². The maximum Gasteiger partial charge on any atom is 0.246 e. The molecule has 0 aliphatic carbocycles. The van der Waals surface area contributed by atoms with Gasteiger partial charge in [0.1, 0.15) is 10.7 Å². The van der Waals surface area contributed by atoms with Crippen LogP contribution in [0.3, 0.4) is 0 Å². The highest BCUT2D eigenvalue weighted by atomic mass is 32.2. The Hall–Kier alpha value is -2.19. The molecule has 0 aliphatic heterocycles. The number of aryl methyl sites for hydroxylation is 2. The van der Waals surface area contributed by atoms with Crippen LogP contribution in [-0.2, 0) is 16.6 Å². The van der Waals surface area contributed by atoms with Crippen molar-refractivity contribution < 1.29 is 8.42 Å². The summed E-state index contributed by atoms with van der Waals surface area (Å²) in [5, 5.41) is 6.19. The Kier molecular flexibility index (Phi) is 3.50. The zero-order chi connectivity index (χ0) is 15.9. The van der Waals surface area contributed by atoms with E-state index in [4.69, 9.17) is 0 Å². The Labute approximate surface area is 128 Å². The van der Waals surface area contributed by atoms with Gasteiger partial charge in [-0.05, 0) is 37.1 Å². The van der Waals surface area contributed by atoms with Crippen molar-refractivity contribution in [3.8, 4) is 0 Å². The van der Waals surface area contributed by atoms with E-state index in [1.54, 1.807) is 0 Å². The lowest BCUT2D eigenvalue weighted by atomic mass is 10.1. The molecule has 7 nitrogen and oxygen atoms in total. The molecule has 2 N–H and O–H groups in total. The van der Waals surface area contributed by atoms with E-state index in [1.165, 1.54) is 29.3 Å². The molecule has 2 heterocycles. The van der Waals surface area contributed by atoms with E-state index in [0.717, 1.165) is 16.6 Å². The fourth-order valence-corrected chi connectivity index (χ4v) is 3.29. The van der Waals surface area contributed by atoms with E-state index in [1.807, 2.05) is 26.0 Å². The minimum absolute atomic E-state index is 0.137. The Morgan fingerprint density at radius 2 is 1.95 bits per heavy atom. The number of sulfonamides is 1. The van der Waals surface area contributed by atoms with Crippen molar-refractivity contribution in [2.75, 3.05) is 7.05 Å². The third-order valence-electron chi connectivity index (χ3n) is 3.70. The molecule has 1 aromatic carbocycles. The number of H-pyrrole nitrogens is 2. The summed E-state index contributed by atoms with van der Waals surface area (Å²) in [5.74, 6) is 0.606. The Bertz CT molecular complexity index is 873. The second-order valence-corrected chi connectivity index (χ2v) is 7.38. The van der Waals surface area contributed by atoms with E-state index in [-0.39, 0.29) is 11.4 Å². The Balaban J connectivity index is 1.90. The van der Waals surface area contributed by atoms with Gasteiger partial charge in [-0.15, -0.1) is 0 Å². The van der Waals surface area contributed by atoms with Gasteiger partial charge in [-0.25, -0.2) is 13.4 Å². The van der Waals surface area contributed by atoms with Gasteiger partial charge in [0.2, 0.25) is 10.0 Å². The molecule has 0 saturated carbocycles. The van der Waals surface area contributed by atoms with Gasteiger partial charge < -0.3 is 4.98 Å². The summed E-state index contributed by atoms with van der Waals surface area (Å²) < 4.78 is 25.9. The van der Waals surface area contributed by atoms with Crippen molar-refractivity contribution in [2.45, 2.75) is 25.3 Å². The second-order valence-electron chi connectivity index (χ2n) is 5.33. The first-order valence-corrected chi connectivity index (χ1v) is 8.23. The SMILES string of the molecule is Cc1cc2nc(CN(C)S(=O)(=O)c3cn[nH]c3)[nH]c2cc1C. The number of nitrogens with zero attached hydrogens (tertiary/aromatic N) is 3. The van der Waals surface area contributed by atoms with Crippen molar-refractivity contribution in [2.24, 2.45) is 0 Å². The lowest BCUT2D eigenvalue weighted by Crippen LogP contribution is -2.26. The van der Waals surface area contributed by atoms with Gasteiger partial charge in [-0.2, -0.15) is 9.40 Å². The van der Waals surface area contributed by atoms with Crippen LogP contribution < -0.4 is 0 Å². The lowest BCUT2D eigenvalue weighted by molar-refractivity contribution is 0.458. The molecular weight excluding hydrogens is 302 g/mol. The molecule has 3 rings (SSSR count). The first-order chi connectivity index (χ1) is 10.4. The summed E-state index contributed by atoms with van der Waals surface area (Å²) in [6.45, 7) is 4.23. The quantitative estimate of drug-likeness (QED) is 0.765. The molecule has 116 valence electrons. The summed E-state index contributed by atoms with van der Waals surface area (Å²) in [4.78, 5) is 7.77. The summed E-state index contributed by atoms with van der Waals surface area (Å²) >= 11 is 0. The first kappa shape index (κ1) is 14.7. The fourth-order valence-electron chi connectivity index (χ4n) is 2.25. The predicted octanol–water partition coefficient (Wildman–Crippen LogP) is 1.72. The number of aromatic nitrogens is 4. The maximum absolute atomic E-state index is 12.3. The number of aromatic amines is 2. The van der Waals surface area contributed by atoms with Crippen LogP contribution in [0, 0.1) is 13.8 Å². The van der Waals surface area contributed by atoms with Crippen LogP contribution >= 0.6 is 0 Å². The van der Waals surface area contributed by atoms with Crippen LogP contribution in [0.15, 0.2) is 29.4 Å². The van der Waals surface area contributed by atoms with Gasteiger partial charge in [-0.1, -0.05) is 0 Å². The highest BCUT2D eigenvalue weighted by molar-refractivity contribution is 7.89. The Morgan fingerprint density at radius 3 is 2.64 bits per heavy atom. The molecule has 0 aliphatic rings. The van der Waals surface area contributed by atoms with Crippen LogP contribution in [0.4, 0.5) is 0 Å². The Morgan fingerprint density at radius 1 is 1.23 bits per heavy atom. The van der Waals surface area contributed by atoms with Gasteiger partial charge in [-0.3, -0.25) is 5.10 Å². The standard InChI is InChI=1S/C14H17N5O2S/c1-9-4-12-13(5-10(9)2)18-14(17-12)8-19(3)22(20,21)11-6-15-16-7-11/h4-7H,8H2,1-3H3,(H,15,16)(H,17,18). The van der Waals surface area contributed by atoms with E-state index in [2.05, 4.69) is 20.2 Å². The third kappa shape index (κ3) is 2.51. The normalized spacial score (nSPS) is 12.4. The molecule has 0 amide bonds. The number of hydrogen-bond acceptors (Lipinski definition) is 4. The summed E-state index contributed by atoms with van der Waals surface area (Å²) in [7, 11) is -2.05. The molecule has 0 fully saturated rings. The van der Waals surface area contributed by atoms with Gasteiger partial charge in [0.25, 0.3) is 0 Å². The lowest BCUT2D eigenvalue weighted by Gasteiger charge is -2.14. The molecule has 2 aromatic heterocycles. The van der Waals surface area contributed by atoms with E-state index >= 15 is 0 Å². The molecule has 3 aromatic rings. The van der Waals surface area contributed by atoms with E-state index in [0.29, 0.717) is 5.82 Å². The number of hydrogen-bond donors (Lipinski definition) is 2. The van der Waals surface area contributed by atoms with Crippen molar-refractivity contribution in [1.29, 1.82) is 0 Å². The summed E-state index contributed by atoms with van der Waals surface area (Å²) in [6, 6.07) is 4.01. The largest absolute Gasteiger partial charge is 0.341 e. The molecular formula is C14H17N5O2S. The highest BCUT2D eigenvalue weighted by Gasteiger charge is 2.23. The van der Waals surface area contributed by atoms with Gasteiger partial charge in [0.15, 0.2) is 0 Å². The number of fused-ring (bicyclic) bond motifs is 1. The average molecular weight is 319 g/mol. The minimum Gasteiger partial charge on any atom is -0.341 e. The minimum atomic E-state index is -3.57. The van der Waals surface area contributed by atoms with Gasteiger partial charge in [0, 0.05) is 13.2 Å². The van der Waals surface area contributed by atoms with Crippen molar-refractivity contribution in [1.82, 2.24) is 24.5 Å². The van der Waals surface area contributed by atoms with E-state index < -0.39 is 10.0 Å². The maximum atomic E-state index is 12.3. The van der Waals surface area contributed by atoms with Gasteiger partial charge in [0.05, 0.1) is 23.8 Å². The topological polar surface area (TPSA) is 94.7 Å². The zero-order valence-electron chi connectivity index (χ0n) is 12.6. The monoisotopic (exact) mass is 319 g/mol. The molecule has 22 heavy (non-hydrogen) atoms. The van der Waals surface area contributed by atoms with Crippen LogP contribution in [0.25, 0.3) is 11.0 Å². The van der Waals surface area contributed by atoms with Crippen LogP contribution in [0.1, 0.15) is 17.0 Å². The van der Waals surface area contributed by atoms with Gasteiger partial charge >= 0.3 is 0 Å². The summed E-state index contributed by atoms with van der Waals surface area (Å²) in [6.07, 6.45) is 2.65. The molecule has 0 radical (unpaired) electrons. The molecule has 0 spiro atoms. The van der Waals surface area contributed by atoms with Crippen LogP contribution in [-0.4, -0.2) is 39.9 Å². The van der Waals surface area contributed by atoms with Crippen LogP contribution in [0.5, 0.6) is 0 Å². The number of nitrogens with one attached hydrogen (secondary N) is 2.